The van der Waals surface area contributed by atoms with Gasteiger partial charge >= 0.3 is 0 Å². The van der Waals surface area contributed by atoms with Crippen LogP contribution in [0, 0.1) is 13.8 Å². The van der Waals surface area contributed by atoms with Crippen molar-refractivity contribution >= 4 is 16.8 Å². The summed E-state index contributed by atoms with van der Waals surface area (Å²) in [6.07, 6.45) is 2.76. The summed E-state index contributed by atoms with van der Waals surface area (Å²) in [4.78, 5) is 19.9. The molecule has 0 spiro atoms. The summed E-state index contributed by atoms with van der Waals surface area (Å²) in [6.45, 7) is 5.93. The Morgan fingerprint density at radius 1 is 1.16 bits per heavy atom. The largest absolute Gasteiger partial charge is 0.348 e. The predicted molar refractivity (Wildman–Crippen MR) is 95.6 cm³/mol. The molecule has 1 aromatic heterocycles. The van der Waals surface area contributed by atoms with Crippen molar-refractivity contribution in [2.45, 2.75) is 45.4 Å². The lowest BCUT2D eigenvalue weighted by molar-refractivity contribution is -0.100. The third kappa shape index (κ3) is 3.14. The van der Waals surface area contributed by atoms with E-state index in [0.29, 0.717) is 18.8 Å². The molecule has 3 heterocycles. The summed E-state index contributed by atoms with van der Waals surface area (Å²) in [5.74, 6) is 0.0391. The number of hydrogen-bond donors (Lipinski definition) is 0. The fourth-order valence-corrected chi connectivity index (χ4v) is 3.85. The molecule has 1 amide bonds. The average Bonchev–Trinajstić information content (AvgIpc) is 3.15. The third-order valence-corrected chi connectivity index (χ3v) is 5.16. The van der Waals surface area contributed by atoms with Gasteiger partial charge in [0.25, 0.3) is 5.91 Å². The van der Waals surface area contributed by atoms with Crippen molar-refractivity contribution in [3.8, 4) is 0 Å². The van der Waals surface area contributed by atoms with Crippen molar-refractivity contribution in [2.24, 2.45) is 0 Å². The number of likely N-dealkylation sites (tertiary alicyclic amines) is 1. The van der Waals surface area contributed by atoms with Crippen molar-refractivity contribution in [2.75, 3.05) is 19.8 Å². The van der Waals surface area contributed by atoms with Crippen molar-refractivity contribution in [1.29, 1.82) is 0 Å². The van der Waals surface area contributed by atoms with Gasteiger partial charge in [0.2, 0.25) is 0 Å². The van der Waals surface area contributed by atoms with Crippen molar-refractivity contribution in [3.05, 3.63) is 41.1 Å². The maximum absolute atomic E-state index is 13.3. The average molecular weight is 340 g/mol. The van der Waals surface area contributed by atoms with E-state index in [1.165, 1.54) is 5.56 Å². The molecule has 1 atom stereocenters. The molecule has 0 saturated carbocycles. The maximum atomic E-state index is 13.3. The number of aryl methyl sites for hydroxylation is 2. The zero-order valence-electron chi connectivity index (χ0n) is 14.8. The highest BCUT2D eigenvalue weighted by molar-refractivity contribution is 5.99. The van der Waals surface area contributed by atoms with Gasteiger partial charge in [-0.25, -0.2) is 0 Å². The minimum atomic E-state index is -0.291. The van der Waals surface area contributed by atoms with Crippen LogP contribution in [-0.2, 0) is 9.47 Å². The molecule has 2 aliphatic rings. The van der Waals surface area contributed by atoms with Crippen LogP contribution in [0.25, 0.3) is 10.9 Å². The number of benzene rings is 1. The van der Waals surface area contributed by atoms with Crippen LogP contribution in [0.3, 0.4) is 0 Å². The number of ether oxygens (including phenoxy) is 2. The normalized spacial score (nSPS) is 21.8. The summed E-state index contributed by atoms with van der Waals surface area (Å²) < 4.78 is 11.4. The van der Waals surface area contributed by atoms with E-state index in [9.17, 15) is 4.79 Å². The van der Waals surface area contributed by atoms with Gasteiger partial charge in [-0.05, 0) is 51.3 Å². The van der Waals surface area contributed by atoms with Crippen molar-refractivity contribution in [1.82, 2.24) is 9.88 Å². The first-order chi connectivity index (χ1) is 12.1. The number of pyridine rings is 1. The van der Waals surface area contributed by atoms with E-state index >= 15 is 0 Å². The first-order valence-corrected chi connectivity index (χ1v) is 9.06. The zero-order valence-corrected chi connectivity index (χ0v) is 14.8. The Bertz CT molecular complexity index is 799. The van der Waals surface area contributed by atoms with E-state index in [2.05, 4.69) is 18.0 Å². The highest BCUT2D eigenvalue weighted by atomic mass is 16.7. The molecule has 0 aliphatic carbocycles. The molecule has 25 heavy (non-hydrogen) atoms. The van der Waals surface area contributed by atoms with Crippen LogP contribution in [0.15, 0.2) is 24.3 Å². The van der Waals surface area contributed by atoms with Gasteiger partial charge in [0.05, 0.1) is 36.0 Å². The number of fused-ring (bicyclic) bond motifs is 1. The molecule has 1 unspecified atom stereocenters. The smallest absolute Gasteiger partial charge is 0.256 e. The number of carbonyl (C=O) groups is 1. The van der Waals surface area contributed by atoms with E-state index < -0.39 is 0 Å². The minimum Gasteiger partial charge on any atom is -0.348 e. The number of piperidine rings is 1. The lowest BCUT2D eigenvalue weighted by atomic mass is 9.99. The fourth-order valence-electron chi connectivity index (χ4n) is 3.85. The Hall–Kier alpha value is -1.98. The molecule has 132 valence electrons. The Labute approximate surface area is 147 Å². The number of hydrogen-bond acceptors (Lipinski definition) is 4. The van der Waals surface area contributed by atoms with Gasteiger partial charge in [0.15, 0.2) is 6.29 Å². The minimum absolute atomic E-state index is 0.00337. The second-order valence-electron chi connectivity index (χ2n) is 6.99. The molecule has 5 heteroatoms. The van der Waals surface area contributed by atoms with E-state index in [4.69, 9.17) is 9.47 Å². The molecule has 0 N–H and O–H groups in total. The van der Waals surface area contributed by atoms with E-state index in [1.54, 1.807) is 0 Å². The van der Waals surface area contributed by atoms with Crippen LogP contribution in [0.1, 0.15) is 40.9 Å². The molecule has 1 aromatic carbocycles. The first-order valence-electron chi connectivity index (χ1n) is 9.06. The third-order valence-electron chi connectivity index (χ3n) is 5.16. The molecule has 2 aromatic rings. The topological polar surface area (TPSA) is 51.7 Å². The Morgan fingerprint density at radius 2 is 1.96 bits per heavy atom. The van der Waals surface area contributed by atoms with Crippen LogP contribution in [0.5, 0.6) is 0 Å². The number of aromatic nitrogens is 1. The molecule has 2 aliphatic heterocycles. The Kier molecular flexibility index (Phi) is 4.44. The van der Waals surface area contributed by atoms with E-state index in [1.807, 2.05) is 30.0 Å². The molecular formula is C20H24N2O3. The molecule has 0 radical (unpaired) electrons. The number of rotatable bonds is 2. The van der Waals surface area contributed by atoms with Gasteiger partial charge in [-0.3, -0.25) is 9.78 Å². The highest BCUT2D eigenvalue weighted by Gasteiger charge is 2.37. The van der Waals surface area contributed by atoms with Crippen molar-refractivity contribution < 1.29 is 14.3 Å². The summed E-state index contributed by atoms with van der Waals surface area (Å²) in [6, 6.07) is 8.11. The number of carbonyl (C=O) groups excluding carboxylic acids is 1. The first kappa shape index (κ1) is 16.5. The van der Waals surface area contributed by atoms with E-state index in [-0.39, 0.29) is 18.2 Å². The highest BCUT2D eigenvalue weighted by Crippen LogP contribution is 2.27. The number of nitrogens with zero attached hydrogens (tertiary/aromatic N) is 2. The second-order valence-corrected chi connectivity index (χ2v) is 6.99. The predicted octanol–water partition coefficient (Wildman–Crippen LogP) is 3.22. The van der Waals surface area contributed by atoms with Gasteiger partial charge in [0, 0.05) is 11.9 Å². The standard InChI is InChI=1S/C20H24N2O3/c1-13-6-7-17-15(11-13)12-16(14(2)21-17)19(23)22-8-4-3-5-18(22)20-24-9-10-25-20/h6-7,11-12,18,20H,3-5,8-10H2,1-2H3. The van der Waals surface area contributed by atoms with Crippen molar-refractivity contribution in [3.63, 3.8) is 0 Å². The Balaban J connectivity index is 1.68. The van der Waals surface area contributed by atoms with Gasteiger partial charge in [0.1, 0.15) is 0 Å². The van der Waals surface area contributed by atoms with E-state index in [0.717, 1.165) is 42.4 Å². The monoisotopic (exact) mass is 340 g/mol. The van der Waals surface area contributed by atoms with Crippen LogP contribution >= 0.6 is 0 Å². The zero-order chi connectivity index (χ0) is 17.4. The number of amides is 1. The lowest BCUT2D eigenvalue weighted by Gasteiger charge is -2.38. The molecule has 2 saturated heterocycles. The molecule has 4 rings (SSSR count). The van der Waals surface area contributed by atoms with Crippen LogP contribution in [0.2, 0.25) is 0 Å². The molecule has 2 fully saturated rings. The Morgan fingerprint density at radius 3 is 2.76 bits per heavy atom. The molecule has 5 nitrogen and oxygen atoms in total. The molecular weight excluding hydrogens is 316 g/mol. The fraction of sp³-hybridized carbons (Fsp3) is 0.500. The second kappa shape index (κ2) is 6.73. The van der Waals surface area contributed by atoms with Crippen LogP contribution in [-0.4, -0.2) is 47.9 Å². The van der Waals surface area contributed by atoms with Gasteiger partial charge in [-0.1, -0.05) is 11.6 Å². The molecule has 0 bridgehead atoms. The summed E-state index contributed by atoms with van der Waals surface area (Å²) >= 11 is 0. The SMILES string of the molecule is Cc1ccc2nc(C)c(C(=O)N3CCCCC3C3OCCO3)cc2c1. The lowest BCUT2D eigenvalue weighted by Crippen LogP contribution is -2.50. The van der Waals surface area contributed by atoms with Gasteiger partial charge in [-0.15, -0.1) is 0 Å². The quantitative estimate of drug-likeness (QED) is 0.842. The van der Waals surface area contributed by atoms with Gasteiger partial charge in [-0.2, -0.15) is 0 Å². The summed E-state index contributed by atoms with van der Waals surface area (Å²) in [5, 5.41) is 1.01. The summed E-state index contributed by atoms with van der Waals surface area (Å²) in [5.41, 5.74) is 3.55. The van der Waals surface area contributed by atoms with Gasteiger partial charge < -0.3 is 14.4 Å². The van der Waals surface area contributed by atoms with Crippen LogP contribution in [0.4, 0.5) is 0 Å². The van der Waals surface area contributed by atoms with Crippen LogP contribution < -0.4 is 0 Å². The summed E-state index contributed by atoms with van der Waals surface area (Å²) in [7, 11) is 0. The maximum Gasteiger partial charge on any atom is 0.256 e.